The zero-order valence-electron chi connectivity index (χ0n) is 13.0. The van der Waals surface area contributed by atoms with Gasteiger partial charge in [-0.05, 0) is 31.0 Å². The van der Waals surface area contributed by atoms with Crippen molar-refractivity contribution in [2.24, 2.45) is 0 Å². The van der Waals surface area contributed by atoms with Crippen LogP contribution in [0.1, 0.15) is 38.2 Å². The maximum Gasteiger partial charge on any atom is 0.323 e. The van der Waals surface area contributed by atoms with Gasteiger partial charge < -0.3 is 15.3 Å². The molecule has 0 aliphatic carbocycles. The van der Waals surface area contributed by atoms with Gasteiger partial charge >= 0.3 is 5.97 Å². The molecule has 2 unspecified atom stereocenters. The summed E-state index contributed by atoms with van der Waals surface area (Å²) >= 11 is 0. The molecule has 0 saturated carbocycles. The van der Waals surface area contributed by atoms with Gasteiger partial charge in [0, 0.05) is 18.2 Å². The first kappa shape index (κ1) is 16.9. The zero-order chi connectivity index (χ0) is 17.1. The Balaban J connectivity index is 2.37. The Bertz CT molecular complexity index is 647. The number of anilines is 1. The molecule has 23 heavy (non-hydrogen) atoms. The second-order valence-corrected chi connectivity index (χ2v) is 5.65. The van der Waals surface area contributed by atoms with Gasteiger partial charge in [-0.15, -0.1) is 0 Å². The number of hydrogen-bond donors (Lipinski definition) is 2. The SMILES string of the molecule is CCC(C)N(CC(=O)O)C(=O)C1CC(=O)Nc2cc(F)ccc21. The van der Waals surface area contributed by atoms with Crippen molar-refractivity contribution in [1.82, 2.24) is 4.90 Å². The van der Waals surface area contributed by atoms with Crippen LogP contribution in [-0.2, 0) is 14.4 Å². The Hall–Kier alpha value is -2.44. The summed E-state index contributed by atoms with van der Waals surface area (Å²) < 4.78 is 13.3. The number of nitrogens with one attached hydrogen (secondary N) is 1. The number of rotatable bonds is 5. The fourth-order valence-corrected chi connectivity index (χ4v) is 2.67. The molecular formula is C16H19FN2O4. The van der Waals surface area contributed by atoms with Crippen molar-refractivity contribution in [1.29, 1.82) is 0 Å². The first-order chi connectivity index (χ1) is 10.8. The van der Waals surface area contributed by atoms with Gasteiger partial charge in [0.15, 0.2) is 0 Å². The Labute approximate surface area is 133 Å². The minimum Gasteiger partial charge on any atom is -0.480 e. The molecule has 2 rings (SSSR count). The van der Waals surface area contributed by atoms with Gasteiger partial charge in [-0.2, -0.15) is 0 Å². The molecule has 2 N–H and O–H groups in total. The van der Waals surface area contributed by atoms with Gasteiger partial charge in [-0.3, -0.25) is 14.4 Å². The average molecular weight is 322 g/mol. The quantitative estimate of drug-likeness (QED) is 0.867. The maximum absolute atomic E-state index is 13.3. The highest BCUT2D eigenvalue weighted by Crippen LogP contribution is 2.34. The summed E-state index contributed by atoms with van der Waals surface area (Å²) in [5.74, 6) is -3.24. The first-order valence-corrected chi connectivity index (χ1v) is 7.45. The molecule has 1 aromatic rings. The van der Waals surface area contributed by atoms with Crippen molar-refractivity contribution in [3.05, 3.63) is 29.6 Å². The van der Waals surface area contributed by atoms with Crippen molar-refractivity contribution in [2.45, 2.75) is 38.6 Å². The molecule has 124 valence electrons. The lowest BCUT2D eigenvalue weighted by Gasteiger charge is -2.33. The number of carbonyl (C=O) groups excluding carboxylic acids is 2. The fourth-order valence-electron chi connectivity index (χ4n) is 2.67. The van der Waals surface area contributed by atoms with Crippen LogP contribution >= 0.6 is 0 Å². The summed E-state index contributed by atoms with van der Waals surface area (Å²) in [5, 5.41) is 11.6. The summed E-state index contributed by atoms with van der Waals surface area (Å²) in [7, 11) is 0. The van der Waals surface area contributed by atoms with Gasteiger partial charge in [0.25, 0.3) is 0 Å². The third-order valence-corrected chi connectivity index (χ3v) is 4.06. The van der Waals surface area contributed by atoms with E-state index in [-0.39, 0.29) is 24.1 Å². The van der Waals surface area contributed by atoms with Gasteiger partial charge in [-0.1, -0.05) is 13.0 Å². The number of halogens is 1. The summed E-state index contributed by atoms with van der Waals surface area (Å²) in [4.78, 5) is 36.9. The van der Waals surface area contributed by atoms with Crippen LogP contribution in [0.25, 0.3) is 0 Å². The van der Waals surface area contributed by atoms with Crippen molar-refractivity contribution in [3.8, 4) is 0 Å². The highest BCUT2D eigenvalue weighted by atomic mass is 19.1. The number of amides is 2. The molecule has 1 aliphatic heterocycles. The van der Waals surface area contributed by atoms with Gasteiger partial charge in [-0.25, -0.2) is 4.39 Å². The average Bonchev–Trinajstić information content (AvgIpc) is 2.49. The van der Waals surface area contributed by atoms with Crippen LogP contribution in [0.4, 0.5) is 10.1 Å². The molecule has 1 aromatic carbocycles. The number of aliphatic carboxylic acids is 1. The minimum absolute atomic E-state index is 0.0793. The minimum atomic E-state index is -1.11. The van der Waals surface area contributed by atoms with Crippen molar-refractivity contribution >= 4 is 23.5 Å². The molecule has 6 nitrogen and oxygen atoms in total. The molecule has 0 bridgehead atoms. The number of carbonyl (C=O) groups is 3. The second-order valence-electron chi connectivity index (χ2n) is 5.65. The number of hydrogen-bond acceptors (Lipinski definition) is 3. The Morgan fingerprint density at radius 3 is 2.78 bits per heavy atom. The molecule has 0 aromatic heterocycles. The van der Waals surface area contributed by atoms with E-state index >= 15 is 0 Å². The van der Waals surface area contributed by atoms with Crippen LogP contribution in [0.2, 0.25) is 0 Å². The monoisotopic (exact) mass is 322 g/mol. The van der Waals surface area contributed by atoms with Crippen LogP contribution in [0.3, 0.4) is 0 Å². The molecule has 2 atom stereocenters. The van der Waals surface area contributed by atoms with Crippen molar-refractivity contribution in [2.75, 3.05) is 11.9 Å². The lowest BCUT2D eigenvalue weighted by atomic mass is 9.88. The highest BCUT2D eigenvalue weighted by molar-refractivity contribution is 6.01. The first-order valence-electron chi connectivity index (χ1n) is 7.45. The summed E-state index contributed by atoms with van der Waals surface area (Å²) in [5.41, 5.74) is 0.772. The lowest BCUT2D eigenvalue weighted by Crippen LogP contribution is -2.45. The highest BCUT2D eigenvalue weighted by Gasteiger charge is 2.35. The maximum atomic E-state index is 13.3. The van der Waals surface area contributed by atoms with E-state index in [1.165, 1.54) is 17.0 Å². The van der Waals surface area contributed by atoms with Gasteiger partial charge in [0.05, 0.1) is 5.92 Å². The van der Waals surface area contributed by atoms with E-state index in [2.05, 4.69) is 5.32 Å². The van der Waals surface area contributed by atoms with E-state index < -0.39 is 30.2 Å². The van der Waals surface area contributed by atoms with Crippen molar-refractivity contribution < 1.29 is 23.9 Å². The lowest BCUT2D eigenvalue weighted by molar-refractivity contribution is -0.147. The molecule has 2 amide bonds. The van der Waals surface area contributed by atoms with Crippen molar-refractivity contribution in [3.63, 3.8) is 0 Å². The molecule has 0 radical (unpaired) electrons. The summed E-state index contributed by atoms with van der Waals surface area (Å²) in [6.45, 7) is 3.18. The third kappa shape index (κ3) is 3.67. The normalized spacial score (nSPS) is 17.9. The third-order valence-electron chi connectivity index (χ3n) is 4.06. The Kier molecular flexibility index (Phi) is 4.98. The molecule has 0 fully saturated rings. The molecule has 0 spiro atoms. The van der Waals surface area contributed by atoms with Crippen LogP contribution in [0, 0.1) is 5.82 Å². The van der Waals surface area contributed by atoms with E-state index in [0.29, 0.717) is 12.0 Å². The standard InChI is InChI=1S/C16H19FN2O4/c1-3-9(2)19(8-15(21)22)16(23)12-7-14(20)18-13-6-10(17)4-5-11(12)13/h4-6,9,12H,3,7-8H2,1-2H3,(H,18,20)(H,21,22). The van der Waals surface area contributed by atoms with Gasteiger partial charge in [0.1, 0.15) is 12.4 Å². The number of fused-ring (bicyclic) bond motifs is 1. The molecule has 7 heteroatoms. The number of benzene rings is 1. The van der Waals surface area contributed by atoms with Crippen LogP contribution in [0.5, 0.6) is 0 Å². The Morgan fingerprint density at radius 2 is 2.17 bits per heavy atom. The zero-order valence-corrected chi connectivity index (χ0v) is 13.0. The number of carboxylic acid groups (broad SMARTS) is 1. The largest absolute Gasteiger partial charge is 0.480 e. The molecule has 1 heterocycles. The van der Waals surface area contributed by atoms with Crippen LogP contribution in [-0.4, -0.2) is 40.4 Å². The topological polar surface area (TPSA) is 86.7 Å². The molecule has 0 saturated heterocycles. The molecular weight excluding hydrogens is 303 g/mol. The number of carboxylic acids is 1. The Morgan fingerprint density at radius 1 is 1.48 bits per heavy atom. The van der Waals surface area contributed by atoms with E-state index in [9.17, 15) is 18.8 Å². The fraction of sp³-hybridized carbons (Fsp3) is 0.438. The number of nitrogens with zero attached hydrogens (tertiary/aromatic N) is 1. The van der Waals surface area contributed by atoms with E-state index in [0.717, 1.165) is 6.07 Å². The van der Waals surface area contributed by atoms with E-state index in [4.69, 9.17) is 5.11 Å². The smallest absolute Gasteiger partial charge is 0.323 e. The molecule has 1 aliphatic rings. The predicted molar refractivity (Wildman–Crippen MR) is 81.5 cm³/mol. The summed E-state index contributed by atoms with van der Waals surface area (Å²) in [6, 6.07) is 3.58. The summed E-state index contributed by atoms with van der Waals surface area (Å²) in [6.07, 6.45) is 0.512. The van der Waals surface area contributed by atoms with E-state index in [1.54, 1.807) is 6.92 Å². The van der Waals surface area contributed by atoms with Crippen LogP contribution in [0.15, 0.2) is 18.2 Å². The van der Waals surface area contributed by atoms with Gasteiger partial charge in [0.2, 0.25) is 11.8 Å². The van der Waals surface area contributed by atoms with E-state index in [1.807, 2.05) is 6.92 Å². The van der Waals surface area contributed by atoms with Crippen LogP contribution < -0.4 is 5.32 Å². The second kappa shape index (κ2) is 6.76. The predicted octanol–water partition coefficient (Wildman–Crippen LogP) is 1.96.